The Balaban J connectivity index is 2.16. The molecule has 1 heteroatoms. The minimum absolute atomic E-state index is 0.0745. The minimum Gasteiger partial charge on any atom is -0.326 e. The first-order valence-electron chi connectivity index (χ1n) is 3.87. The van der Waals surface area contributed by atoms with Crippen molar-refractivity contribution in [2.45, 2.75) is 45.1 Å². The van der Waals surface area contributed by atoms with Gasteiger partial charge >= 0.3 is 0 Å². The molecule has 1 aliphatic rings. The summed E-state index contributed by atoms with van der Waals surface area (Å²) in [6.07, 6.45) is 5.48. The molecule has 0 bridgehead atoms. The van der Waals surface area contributed by atoms with Crippen molar-refractivity contribution >= 4 is 0 Å². The van der Waals surface area contributed by atoms with E-state index < -0.39 is 0 Å². The van der Waals surface area contributed by atoms with Crippen LogP contribution < -0.4 is 5.73 Å². The van der Waals surface area contributed by atoms with Crippen molar-refractivity contribution in [1.29, 1.82) is 0 Å². The van der Waals surface area contributed by atoms with Gasteiger partial charge in [-0.15, -0.1) is 0 Å². The maximum absolute atomic E-state index is 5.85. The molecule has 0 radical (unpaired) electrons. The SMILES string of the molecule is CC(C)(N)CC1CCC1. The van der Waals surface area contributed by atoms with Crippen LogP contribution in [0.4, 0.5) is 0 Å². The summed E-state index contributed by atoms with van der Waals surface area (Å²) in [5, 5.41) is 0. The van der Waals surface area contributed by atoms with Gasteiger partial charge in [0.05, 0.1) is 0 Å². The van der Waals surface area contributed by atoms with Gasteiger partial charge < -0.3 is 5.73 Å². The van der Waals surface area contributed by atoms with Gasteiger partial charge in [0, 0.05) is 5.54 Å². The second kappa shape index (κ2) is 2.30. The highest BCUT2D eigenvalue weighted by Crippen LogP contribution is 2.32. The van der Waals surface area contributed by atoms with E-state index in [1.54, 1.807) is 0 Å². The van der Waals surface area contributed by atoms with Gasteiger partial charge in [-0.2, -0.15) is 0 Å². The third-order valence-corrected chi connectivity index (χ3v) is 2.04. The summed E-state index contributed by atoms with van der Waals surface area (Å²) in [6, 6.07) is 0. The Morgan fingerprint density at radius 3 is 2.11 bits per heavy atom. The predicted molar refractivity (Wildman–Crippen MR) is 40.2 cm³/mol. The molecule has 0 unspecified atom stereocenters. The molecule has 0 aliphatic heterocycles. The fraction of sp³-hybridized carbons (Fsp3) is 1.00. The second-order valence-electron chi connectivity index (χ2n) is 3.99. The average Bonchev–Trinajstić information content (AvgIpc) is 1.53. The van der Waals surface area contributed by atoms with Crippen LogP contribution in [0.25, 0.3) is 0 Å². The second-order valence-corrected chi connectivity index (χ2v) is 3.99. The van der Waals surface area contributed by atoms with Crippen LogP contribution in [0.2, 0.25) is 0 Å². The Bertz CT molecular complexity index is 87.2. The molecule has 0 heterocycles. The molecule has 1 saturated carbocycles. The van der Waals surface area contributed by atoms with Crippen molar-refractivity contribution in [3.8, 4) is 0 Å². The van der Waals surface area contributed by atoms with E-state index in [2.05, 4.69) is 13.8 Å². The van der Waals surface area contributed by atoms with Gasteiger partial charge in [0.1, 0.15) is 0 Å². The Hall–Kier alpha value is -0.0400. The van der Waals surface area contributed by atoms with Gasteiger partial charge in [-0.25, -0.2) is 0 Å². The van der Waals surface area contributed by atoms with E-state index in [0.29, 0.717) is 0 Å². The van der Waals surface area contributed by atoms with Crippen LogP contribution in [-0.4, -0.2) is 5.54 Å². The molecule has 0 spiro atoms. The van der Waals surface area contributed by atoms with Crippen molar-refractivity contribution in [1.82, 2.24) is 0 Å². The van der Waals surface area contributed by atoms with Gasteiger partial charge in [-0.1, -0.05) is 19.3 Å². The zero-order valence-electron chi connectivity index (χ0n) is 6.48. The molecule has 0 aromatic carbocycles. The van der Waals surface area contributed by atoms with Crippen LogP contribution in [0.1, 0.15) is 39.5 Å². The van der Waals surface area contributed by atoms with Crippen LogP contribution in [0, 0.1) is 5.92 Å². The summed E-state index contributed by atoms with van der Waals surface area (Å²) in [6.45, 7) is 4.23. The third-order valence-electron chi connectivity index (χ3n) is 2.04. The maximum atomic E-state index is 5.85. The average molecular weight is 127 g/mol. The molecule has 54 valence electrons. The quantitative estimate of drug-likeness (QED) is 0.602. The largest absolute Gasteiger partial charge is 0.326 e. The topological polar surface area (TPSA) is 26.0 Å². The van der Waals surface area contributed by atoms with Crippen LogP contribution in [0.3, 0.4) is 0 Å². The Morgan fingerprint density at radius 1 is 1.44 bits per heavy atom. The first-order valence-corrected chi connectivity index (χ1v) is 3.87. The fourth-order valence-electron chi connectivity index (χ4n) is 1.44. The van der Waals surface area contributed by atoms with E-state index in [4.69, 9.17) is 5.73 Å². The van der Waals surface area contributed by atoms with E-state index in [1.165, 1.54) is 25.7 Å². The normalized spacial score (nSPS) is 21.7. The van der Waals surface area contributed by atoms with Crippen molar-refractivity contribution in [2.75, 3.05) is 0 Å². The summed E-state index contributed by atoms with van der Waals surface area (Å²) in [5.74, 6) is 0.949. The monoisotopic (exact) mass is 127 g/mol. The van der Waals surface area contributed by atoms with Crippen LogP contribution >= 0.6 is 0 Å². The van der Waals surface area contributed by atoms with Crippen LogP contribution in [0.15, 0.2) is 0 Å². The molecule has 0 aromatic rings. The van der Waals surface area contributed by atoms with Crippen molar-refractivity contribution in [2.24, 2.45) is 11.7 Å². The molecule has 1 aliphatic carbocycles. The molecular weight excluding hydrogens is 110 g/mol. The third kappa shape index (κ3) is 2.35. The van der Waals surface area contributed by atoms with E-state index in [9.17, 15) is 0 Å². The van der Waals surface area contributed by atoms with Crippen molar-refractivity contribution in [3.05, 3.63) is 0 Å². The highest BCUT2D eigenvalue weighted by Gasteiger charge is 2.23. The highest BCUT2D eigenvalue weighted by molar-refractivity contribution is 4.80. The number of hydrogen-bond acceptors (Lipinski definition) is 1. The Morgan fingerprint density at radius 2 is 2.00 bits per heavy atom. The number of nitrogens with two attached hydrogens (primary N) is 1. The van der Waals surface area contributed by atoms with E-state index in [1.807, 2.05) is 0 Å². The minimum atomic E-state index is 0.0745. The molecule has 9 heavy (non-hydrogen) atoms. The molecule has 0 atom stereocenters. The smallest absolute Gasteiger partial charge is 0.00996 e. The summed E-state index contributed by atoms with van der Waals surface area (Å²) in [5.41, 5.74) is 5.92. The van der Waals surface area contributed by atoms with E-state index in [0.717, 1.165) is 5.92 Å². The van der Waals surface area contributed by atoms with Gasteiger partial charge in [0.25, 0.3) is 0 Å². The molecular formula is C8H17N. The molecule has 1 rings (SSSR count). The van der Waals surface area contributed by atoms with Crippen LogP contribution in [-0.2, 0) is 0 Å². The zero-order chi connectivity index (χ0) is 6.91. The molecule has 0 amide bonds. The van der Waals surface area contributed by atoms with Gasteiger partial charge in [-0.3, -0.25) is 0 Å². The molecule has 0 saturated heterocycles. The van der Waals surface area contributed by atoms with Crippen molar-refractivity contribution in [3.63, 3.8) is 0 Å². The first-order chi connectivity index (χ1) is 4.08. The molecule has 1 fully saturated rings. The lowest BCUT2D eigenvalue weighted by molar-refractivity contribution is 0.244. The van der Waals surface area contributed by atoms with Gasteiger partial charge in [0.2, 0.25) is 0 Å². The zero-order valence-corrected chi connectivity index (χ0v) is 6.48. The lowest BCUT2D eigenvalue weighted by atomic mass is 9.77. The fourth-order valence-corrected chi connectivity index (χ4v) is 1.44. The summed E-state index contributed by atoms with van der Waals surface area (Å²) < 4.78 is 0. The van der Waals surface area contributed by atoms with Gasteiger partial charge in [-0.05, 0) is 26.2 Å². The van der Waals surface area contributed by atoms with Crippen molar-refractivity contribution < 1.29 is 0 Å². The molecule has 2 N–H and O–H groups in total. The lowest BCUT2D eigenvalue weighted by Gasteiger charge is -2.31. The molecule has 1 nitrogen and oxygen atoms in total. The van der Waals surface area contributed by atoms with Crippen LogP contribution in [0.5, 0.6) is 0 Å². The number of hydrogen-bond donors (Lipinski definition) is 1. The van der Waals surface area contributed by atoms with Gasteiger partial charge in [0.15, 0.2) is 0 Å². The van der Waals surface area contributed by atoms with E-state index in [-0.39, 0.29) is 5.54 Å². The number of rotatable bonds is 2. The standard InChI is InChI=1S/C8H17N/c1-8(2,9)6-7-4-3-5-7/h7H,3-6,9H2,1-2H3. The summed E-state index contributed by atoms with van der Waals surface area (Å²) in [4.78, 5) is 0. The van der Waals surface area contributed by atoms with E-state index >= 15 is 0 Å². The highest BCUT2D eigenvalue weighted by atomic mass is 14.7. The maximum Gasteiger partial charge on any atom is 0.00996 e. The Kier molecular flexibility index (Phi) is 1.80. The Labute approximate surface area is 57.6 Å². The molecule has 0 aromatic heterocycles. The lowest BCUT2D eigenvalue weighted by Crippen LogP contribution is -2.36. The summed E-state index contributed by atoms with van der Waals surface area (Å²) >= 11 is 0. The first kappa shape index (κ1) is 7.07. The summed E-state index contributed by atoms with van der Waals surface area (Å²) in [7, 11) is 0. The predicted octanol–water partition coefficient (Wildman–Crippen LogP) is 1.91.